The molecule has 0 unspecified atom stereocenters. The molecule has 77 valence electrons. The lowest BCUT2D eigenvalue weighted by Crippen LogP contribution is -2.32. The van der Waals surface area contributed by atoms with Crippen LogP contribution in [0, 0.1) is 0 Å². The Morgan fingerprint density at radius 3 is 2.93 bits per heavy atom. The molecule has 0 bridgehead atoms. The fourth-order valence-electron chi connectivity index (χ4n) is 1.67. The van der Waals surface area contributed by atoms with Crippen LogP contribution in [0.5, 0.6) is 0 Å². The van der Waals surface area contributed by atoms with Crippen molar-refractivity contribution in [3.05, 3.63) is 28.8 Å². The summed E-state index contributed by atoms with van der Waals surface area (Å²) in [6.07, 6.45) is 0.253. The summed E-state index contributed by atoms with van der Waals surface area (Å²) < 4.78 is 0. The van der Waals surface area contributed by atoms with Crippen molar-refractivity contribution in [2.45, 2.75) is 6.42 Å². The number of amides is 2. The van der Waals surface area contributed by atoms with Gasteiger partial charge in [0, 0.05) is 10.7 Å². The van der Waals surface area contributed by atoms with Crippen LogP contribution in [0.25, 0.3) is 0 Å². The molecule has 0 aliphatic carbocycles. The van der Waals surface area contributed by atoms with Crippen molar-refractivity contribution in [3.63, 3.8) is 0 Å². The highest BCUT2D eigenvalue weighted by Crippen LogP contribution is 2.30. The standard InChI is InChI=1S/C10H8ClN2O2/c11-7-1-2-8-6(3-7)4-10(15)13(8)5-9(12)14/h1-3,12H,4-5H2. The van der Waals surface area contributed by atoms with Gasteiger partial charge in [0.15, 0.2) is 0 Å². The van der Waals surface area contributed by atoms with Gasteiger partial charge in [0.2, 0.25) is 5.91 Å². The first-order valence-electron chi connectivity index (χ1n) is 4.41. The zero-order valence-electron chi connectivity index (χ0n) is 7.79. The molecule has 0 spiro atoms. The summed E-state index contributed by atoms with van der Waals surface area (Å²) in [7, 11) is 0. The Morgan fingerprint density at radius 1 is 1.53 bits per heavy atom. The third-order valence-electron chi connectivity index (χ3n) is 2.28. The third kappa shape index (κ3) is 1.80. The van der Waals surface area contributed by atoms with Crippen LogP contribution in [0.4, 0.5) is 5.69 Å². The Bertz CT molecular complexity index is 445. The zero-order valence-corrected chi connectivity index (χ0v) is 8.54. The molecule has 1 N–H and O–H groups in total. The number of benzene rings is 1. The summed E-state index contributed by atoms with van der Waals surface area (Å²) >= 11 is 5.79. The Kier molecular flexibility index (Phi) is 2.36. The molecule has 1 aliphatic heterocycles. The maximum Gasteiger partial charge on any atom is 0.258 e. The molecule has 4 nitrogen and oxygen atoms in total. The summed E-state index contributed by atoms with van der Waals surface area (Å²) in [6.45, 7) is -0.187. The van der Waals surface area contributed by atoms with Crippen LogP contribution >= 0.6 is 11.6 Å². The van der Waals surface area contributed by atoms with Crippen molar-refractivity contribution < 1.29 is 9.59 Å². The maximum absolute atomic E-state index is 11.5. The average molecular weight is 224 g/mol. The number of nitrogens with one attached hydrogen (secondary N) is 1. The molecule has 0 saturated carbocycles. The van der Waals surface area contributed by atoms with Crippen LogP contribution in [0.2, 0.25) is 5.02 Å². The van der Waals surface area contributed by atoms with Gasteiger partial charge in [-0.3, -0.25) is 15.3 Å². The molecule has 1 aromatic carbocycles. The van der Waals surface area contributed by atoms with Gasteiger partial charge in [-0.15, -0.1) is 0 Å². The molecule has 2 amide bonds. The van der Waals surface area contributed by atoms with Crippen LogP contribution in [0.3, 0.4) is 0 Å². The lowest BCUT2D eigenvalue weighted by atomic mass is 10.2. The quantitative estimate of drug-likeness (QED) is 0.752. The van der Waals surface area contributed by atoms with E-state index in [0.29, 0.717) is 10.7 Å². The molecule has 1 aromatic rings. The molecule has 2 rings (SSSR count). The molecule has 1 aliphatic rings. The maximum atomic E-state index is 11.5. The first-order valence-corrected chi connectivity index (χ1v) is 4.79. The predicted octanol–water partition coefficient (Wildman–Crippen LogP) is 1.04. The molecule has 0 aromatic heterocycles. The Hall–Kier alpha value is -1.55. The summed E-state index contributed by atoms with van der Waals surface area (Å²) in [5.74, 6) is -0.931. The van der Waals surface area contributed by atoms with Gasteiger partial charge in [-0.1, -0.05) is 11.6 Å². The lowest BCUT2D eigenvalue weighted by molar-refractivity contribution is -0.121. The Labute approximate surface area is 91.6 Å². The number of carbonyl (C=O) groups is 2. The van der Waals surface area contributed by atoms with Gasteiger partial charge in [0.05, 0.1) is 6.42 Å². The minimum absolute atomic E-state index is 0.159. The van der Waals surface area contributed by atoms with Crippen molar-refractivity contribution in [1.82, 2.24) is 5.73 Å². The normalized spacial score (nSPS) is 14.2. The highest BCUT2D eigenvalue weighted by Gasteiger charge is 2.28. The van der Waals surface area contributed by atoms with E-state index < -0.39 is 5.91 Å². The van der Waals surface area contributed by atoms with Crippen molar-refractivity contribution >= 4 is 29.1 Å². The predicted molar refractivity (Wildman–Crippen MR) is 55.6 cm³/mol. The SMILES string of the molecule is [NH]C(=O)CN1C(=O)Cc2cc(Cl)ccc21. The van der Waals surface area contributed by atoms with E-state index in [1.54, 1.807) is 18.2 Å². The van der Waals surface area contributed by atoms with Gasteiger partial charge in [0.25, 0.3) is 5.91 Å². The largest absolute Gasteiger partial charge is 0.302 e. The smallest absolute Gasteiger partial charge is 0.258 e. The van der Waals surface area contributed by atoms with Gasteiger partial charge >= 0.3 is 0 Å². The molecule has 5 heteroatoms. The van der Waals surface area contributed by atoms with E-state index >= 15 is 0 Å². The summed E-state index contributed by atoms with van der Waals surface area (Å²) in [5.41, 5.74) is 8.36. The van der Waals surface area contributed by atoms with Crippen LogP contribution < -0.4 is 10.6 Å². The Balaban J connectivity index is 2.37. The zero-order chi connectivity index (χ0) is 11.0. The van der Waals surface area contributed by atoms with E-state index in [9.17, 15) is 9.59 Å². The van der Waals surface area contributed by atoms with Crippen molar-refractivity contribution in [2.24, 2.45) is 0 Å². The van der Waals surface area contributed by atoms with Gasteiger partial charge < -0.3 is 4.90 Å². The summed E-state index contributed by atoms with van der Waals surface area (Å²) in [6, 6.07) is 5.08. The number of anilines is 1. The molecule has 1 heterocycles. The number of halogens is 1. The fourth-order valence-corrected chi connectivity index (χ4v) is 1.86. The van der Waals surface area contributed by atoms with E-state index in [2.05, 4.69) is 0 Å². The van der Waals surface area contributed by atoms with Crippen molar-refractivity contribution in [2.75, 3.05) is 11.4 Å². The minimum atomic E-state index is -0.772. The van der Waals surface area contributed by atoms with Gasteiger partial charge in [0.1, 0.15) is 6.54 Å². The molecule has 15 heavy (non-hydrogen) atoms. The molecular weight excluding hydrogens is 216 g/mol. The van der Waals surface area contributed by atoms with Crippen molar-refractivity contribution in [1.29, 1.82) is 0 Å². The van der Waals surface area contributed by atoms with Gasteiger partial charge in [-0.2, -0.15) is 0 Å². The van der Waals surface area contributed by atoms with Gasteiger partial charge in [-0.05, 0) is 23.8 Å². The van der Waals surface area contributed by atoms with Crippen LogP contribution in [-0.4, -0.2) is 18.4 Å². The number of nitrogens with zero attached hydrogens (tertiary/aromatic N) is 1. The molecular formula is C10H8ClN2O2. The van der Waals surface area contributed by atoms with E-state index in [1.807, 2.05) is 0 Å². The number of carbonyl (C=O) groups excluding carboxylic acids is 2. The first-order chi connectivity index (χ1) is 7.08. The Morgan fingerprint density at radius 2 is 2.27 bits per heavy atom. The van der Waals surface area contributed by atoms with Crippen LogP contribution in [-0.2, 0) is 16.0 Å². The summed E-state index contributed by atoms with van der Waals surface area (Å²) in [5, 5.41) is 0.570. The molecule has 1 radical (unpaired) electrons. The fraction of sp³-hybridized carbons (Fsp3) is 0.200. The van der Waals surface area contributed by atoms with Crippen LogP contribution in [0.15, 0.2) is 18.2 Å². The summed E-state index contributed by atoms with van der Waals surface area (Å²) in [4.78, 5) is 23.5. The topological polar surface area (TPSA) is 61.2 Å². The highest BCUT2D eigenvalue weighted by atomic mass is 35.5. The van der Waals surface area contributed by atoms with E-state index in [4.69, 9.17) is 17.3 Å². The second kappa shape index (κ2) is 3.55. The van der Waals surface area contributed by atoms with E-state index in [1.165, 1.54) is 4.90 Å². The second-order valence-corrected chi connectivity index (χ2v) is 3.79. The lowest BCUT2D eigenvalue weighted by Gasteiger charge is -2.14. The molecule has 0 fully saturated rings. The number of hydrogen-bond acceptors (Lipinski definition) is 2. The third-order valence-corrected chi connectivity index (χ3v) is 2.51. The van der Waals surface area contributed by atoms with Gasteiger partial charge in [-0.25, -0.2) is 0 Å². The average Bonchev–Trinajstić information content (AvgIpc) is 2.41. The van der Waals surface area contributed by atoms with E-state index in [-0.39, 0.29) is 18.9 Å². The number of fused-ring (bicyclic) bond motifs is 1. The minimum Gasteiger partial charge on any atom is -0.302 e. The van der Waals surface area contributed by atoms with E-state index in [0.717, 1.165) is 5.56 Å². The number of hydrogen-bond donors (Lipinski definition) is 0. The second-order valence-electron chi connectivity index (χ2n) is 3.35. The van der Waals surface area contributed by atoms with Crippen molar-refractivity contribution in [3.8, 4) is 0 Å². The molecule has 0 saturated heterocycles. The highest BCUT2D eigenvalue weighted by molar-refractivity contribution is 6.30. The molecule has 0 atom stereocenters. The number of rotatable bonds is 2. The van der Waals surface area contributed by atoms with Crippen LogP contribution in [0.1, 0.15) is 5.56 Å². The monoisotopic (exact) mass is 223 g/mol. The first kappa shape index (κ1) is 9.98.